The molecule has 1 N–H and O–H groups in total. The van der Waals surface area contributed by atoms with Crippen molar-refractivity contribution in [3.05, 3.63) is 0 Å². The zero-order chi connectivity index (χ0) is 7.94. The van der Waals surface area contributed by atoms with Crippen molar-refractivity contribution in [2.24, 2.45) is 0 Å². The van der Waals surface area contributed by atoms with Gasteiger partial charge in [0.1, 0.15) is 6.67 Å². The Morgan fingerprint density at radius 1 is 1.18 bits per heavy atom. The highest BCUT2D eigenvalue weighted by molar-refractivity contribution is 4.63. The fourth-order valence-electron chi connectivity index (χ4n) is 1.44. The van der Waals surface area contributed by atoms with Crippen molar-refractivity contribution in [2.75, 3.05) is 39.4 Å². The van der Waals surface area contributed by atoms with Crippen LogP contribution in [-0.4, -0.2) is 44.3 Å². The third-order valence-electron chi connectivity index (χ3n) is 2.06. The number of rotatable bonds is 2. The molecule has 3 heteroatoms. The predicted octanol–water partition coefficient (Wildman–Crippen LogP) is 0.641. The third kappa shape index (κ3) is 3.68. The zero-order valence-corrected chi connectivity index (χ0v) is 6.98. The highest BCUT2D eigenvalue weighted by Crippen LogP contribution is 1.96. The molecule has 0 aromatic heterocycles. The Kier molecular flexibility index (Phi) is 4.47. The molecule has 0 aromatic rings. The first-order chi connectivity index (χ1) is 5.43. The molecule has 0 aromatic carbocycles. The summed E-state index contributed by atoms with van der Waals surface area (Å²) in [4.78, 5) is 2.21. The van der Waals surface area contributed by atoms with Crippen molar-refractivity contribution in [1.29, 1.82) is 0 Å². The van der Waals surface area contributed by atoms with Crippen molar-refractivity contribution in [3.63, 3.8) is 0 Å². The van der Waals surface area contributed by atoms with Crippen LogP contribution in [0.3, 0.4) is 0 Å². The van der Waals surface area contributed by atoms with Gasteiger partial charge < -0.3 is 10.2 Å². The van der Waals surface area contributed by atoms with Crippen molar-refractivity contribution >= 4 is 0 Å². The van der Waals surface area contributed by atoms with Gasteiger partial charge in [-0.15, -0.1) is 0 Å². The summed E-state index contributed by atoms with van der Waals surface area (Å²) >= 11 is 0. The monoisotopic (exact) mass is 160 g/mol. The smallest absolute Gasteiger partial charge is 0.102 e. The Labute approximate surface area is 67.8 Å². The Morgan fingerprint density at radius 3 is 2.36 bits per heavy atom. The molecule has 11 heavy (non-hydrogen) atoms. The maximum absolute atomic E-state index is 12.0. The highest BCUT2D eigenvalue weighted by atomic mass is 19.1. The Hall–Kier alpha value is -0.150. The van der Waals surface area contributed by atoms with Gasteiger partial charge in [0.05, 0.1) is 0 Å². The molecule has 0 unspecified atom stereocenters. The van der Waals surface area contributed by atoms with Gasteiger partial charge in [-0.25, -0.2) is 4.39 Å². The molecule has 0 aliphatic carbocycles. The third-order valence-corrected chi connectivity index (χ3v) is 2.06. The second kappa shape index (κ2) is 5.49. The number of hydrogen-bond donors (Lipinski definition) is 1. The molecular formula is C8H17FN2. The van der Waals surface area contributed by atoms with Crippen LogP contribution < -0.4 is 5.32 Å². The van der Waals surface area contributed by atoms with Gasteiger partial charge in [0.15, 0.2) is 0 Å². The first kappa shape index (κ1) is 8.94. The largest absolute Gasteiger partial charge is 0.317 e. The number of hydrogen-bond acceptors (Lipinski definition) is 2. The molecule has 1 rings (SSSR count). The minimum Gasteiger partial charge on any atom is -0.317 e. The van der Waals surface area contributed by atoms with E-state index in [9.17, 15) is 4.39 Å². The number of nitrogens with zero attached hydrogens (tertiary/aromatic N) is 1. The van der Waals surface area contributed by atoms with Crippen LogP contribution in [0.2, 0.25) is 0 Å². The molecule has 66 valence electrons. The maximum atomic E-state index is 12.0. The summed E-state index contributed by atoms with van der Waals surface area (Å²) in [6, 6.07) is 0. The van der Waals surface area contributed by atoms with Gasteiger partial charge in [-0.1, -0.05) is 0 Å². The summed E-state index contributed by atoms with van der Waals surface area (Å²) in [7, 11) is 0. The minimum atomic E-state index is -0.201. The molecule has 0 spiro atoms. The van der Waals surface area contributed by atoms with Crippen LogP contribution in [0.1, 0.15) is 12.8 Å². The molecule has 0 atom stereocenters. The van der Waals surface area contributed by atoms with E-state index >= 15 is 0 Å². The van der Waals surface area contributed by atoms with Gasteiger partial charge in [-0.3, -0.25) is 0 Å². The standard InChI is InChI=1S/C8H17FN2/c9-3-8-11-6-1-4-10-5-2-7-11/h10H,1-8H2. The summed E-state index contributed by atoms with van der Waals surface area (Å²) < 4.78 is 12.0. The lowest BCUT2D eigenvalue weighted by Gasteiger charge is -2.23. The van der Waals surface area contributed by atoms with Gasteiger partial charge >= 0.3 is 0 Å². The maximum Gasteiger partial charge on any atom is 0.102 e. The normalized spacial score (nSPS) is 22.6. The van der Waals surface area contributed by atoms with Crippen LogP contribution in [0, 0.1) is 0 Å². The van der Waals surface area contributed by atoms with E-state index in [4.69, 9.17) is 0 Å². The van der Waals surface area contributed by atoms with Crippen molar-refractivity contribution in [3.8, 4) is 0 Å². The van der Waals surface area contributed by atoms with E-state index in [0.29, 0.717) is 6.54 Å². The average Bonchev–Trinajstić information content (AvgIpc) is 1.94. The van der Waals surface area contributed by atoms with Gasteiger partial charge in [0.2, 0.25) is 0 Å². The quantitative estimate of drug-likeness (QED) is 0.638. The van der Waals surface area contributed by atoms with Crippen LogP contribution in [0.25, 0.3) is 0 Å². The topological polar surface area (TPSA) is 15.3 Å². The van der Waals surface area contributed by atoms with Crippen molar-refractivity contribution < 1.29 is 4.39 Å². The lowest BCUT2D eigenvalue weighted by molar-refractivity contribution is 0.231. The van der Waals surface area contributed by atoms with E-state index in [1.807, 2.05) is 0 Å². The molecule has 0 bridgehead atoms. The summed E-state index contributed by atoms with van der Waals surface area (Å²) in [5.41, 5.74) is 0. The van der Waals surface area contributed by atoms with E-state index in [2.05, 4.69) is 10.2 Å². The molecule has 0 amide bonds. The number of alkyl halides is 1. The molecule has 0 radical (unpaired) electrons. The van der Waals surface area contributed by atoms with Crippen LogP contribution in [0.4, 0.5) is 4.39 Å². The van der Waals surface area contributed by atoms with Crippen LogP contribution >= 0.6 is 0 Å². The van der Waals surface area contributed by atoms with Crippen LogP contribution in [0.5, 0.6) is 0 Å². The number of nitrogens with one attached hydrogen (secondary N) is 1. The molecule has 1 fully saturated rings. The predicted molar refractivity (Wildman–Crippen MR) is 44.5 cm³/mol. The van der Waals surface area contributed by atoms with Gasteiger partial charge in [0.25, 0.3) is 0 Å². The van der Waals surface area contributed by atoms with E-state index in [-0.39, 0.29) is 6.67 Å². The summed E-state index contributed by atoms with van der Waals surface area (Å²) in [6.45, 7) is 4.70. The molecule has 0 saturated carbocycles. The first-order valence-corrected chi connectivity index (χ1v) is 4.42. The Bertz CT molecular complexity index is 90.1. The molecule has 1 heterocycles. The molecule has 1 aliphatic heterocycles. The van der Waals surface area contributed by atoms with Gasteiger partial charge in [0, 0.05) is 6.54 Å². The summed E-state index contributed by atoms with van der Waals surface area (Å²) in [6.07, 6.45) is 2.31. The molecule has 1 saturated heterocycles. The summed E-state index contributed by atoms with van der Waals surface area (Å²) in [5, 5.41) is 3.33. The van der Waals surface area contributed by atoms with Crippen molar-refractivity contribution in [2.45, 2.75) is 12.8 Å². The fraction of sp³-hybridized carbons (Fsp3) is 1.00. The van der Waals surface area contributed by atoms with Crippen molar-refractivity contribution in [1.82, 2.24) is 10.2 Å². The van der Waals surface area contributed by atoms with E-state index < -0.39 is 0 Å². The van der Waals surface area contributed by atoms with E-state index in [1.54, 1.807) is 0 Å². The van der Waals surface area contributed by atoms with E-state index in [1.165, 1.54) is 0 Å². The van der Waals surface area contributed by atoms with Gasteiger partial charge in [-0.05, 0) is 39.0 Å². The number of halogens is 1. The zero-order valence-electron chi connectivity index (χ0n) is 6.98. The second-order valence-corrected chi connectivity index (χ2v) is 2.99. The lowest BCUT2D eigenvalue weighted by atomic mass is 10.3. The SMILES string of the molecule is FCCN1CCCNCCC1. The Morgan fingerprint density at radius 2 is 1.82 bits per heavy atom. The van der Waals surface area contributed by atoms with E-state index in [0.717, 1.165) is 39.0 Å². The molecule has 2 nitrogen and oxygen atoms in total. The second-order valence-electron chi connectivity index (χ2n) is 2.99. The minimum absolute atomic E-state index is 0.201. The van der Waals surface area contributed by atoms with Crippen LogP contribution in [0.15, 0.2) is 0 Å². The Balaban J connectivity index is 2.15. The van der Waals surface area contributed by atoms with Crippen LogP contribution in [-0.2, 0) is 0 Å². The first-order valence-electron chi connectivity index (χ1n) is 4.42. The van der Waals surface area contributed by atoms with Gasteiger partial charge in [-0.2, -0.15) is 0 Å². The molecular weight excluding hydrogens is 143 g/mol. The molecule has 1 aliphatic rings. The average molecular weight is 160 g/mol. The fourth-order valence-corrected chi connectivity index (χ4v) is 1.44. The summed E-state index contributed by atoms with van der Waals surface area (Å²) in [5.74, 6) is 0. The highest BCUT2D eigenvalue weighted by Gasteiger charge is 2.05. The lowest BCUT2D eigenvalue weighted by Crippen LogP contribution is -2.35.